The number of rotatable bonds is 5. The quantitative estimate of drug-likeness (QED) is 0.606. The van der Waals surface area contributed by atoms with E-state index in [1.54, 1.807) is 36.4 Å². The van der Waals surface area contributed by atoms with Crippen LogP contribution in [0.2, 0.25) is 0 Å². The summed E-state index contributed by atoms with van der Waals surface area (Å²) < 4.78 is 0. The number of halogens is 1. The number of anilines is 2. The number of imide groups is 1. The molecule has 160 valence electrons. The molecule has 0 bridgehead atoms. The summed E-state index contributed by atoms with van der Waals surface area (Å²) in [6.07, 6.45) is 4.71. The van der Waals surface area contributed by atoms with Gasteiger partial charge in [-0.15, -0.1) is 0 Å². The Labute approximate surface area is 184 Å². The normalized spacial score (nSPS) is 17.3. The molecule has 0 atom stereocenters. The second kappa shape index (κ2) is 8.81. The van der Waals surface area contributed by atoms with Crippen LogP contribution in [0.15, 0.2) is 59.3 Å². The van der Waals surface area contributed by atoms with Gasteiger partial charge in [-0.2, -0.15) is 0 Å². The summed E-state index contributed by atoms with van der Waals surface area (Å²) in [5.41, 5.74) is 1.47. The van der Waals surface area contributed by atoms with Gasteiger partial charge in [0.05, 0.1) is 0 Å². The maximum absolute atomic E-state index is 12.9. The van der Waals surface area contributed by atoms with Crippen LogP contribution >= 0.6 is 11.6 Å². The Morgan fingerprint density at radius 1 is 0.968 bits per heavy atom. The lowest BCUT2D eigenvalue weighted by molar-refractivity contribution is -0.140. The number of hydrogen-bond acceptors (Lipinski definition) is 5. The topological polar surface area (TPSA) is 98.7 Å². The number of aromatic hydroxyl groups is 1. The second-order valence-corrected chi connectivity index (χ2v) is 8.05. The van der Waals surface area contributed by atoms with Gasteiger partial charge in [-0.25, -0.2) is 0 Å². The summed E-state index contributed by atoms with van der Waals surface area (Å²) in [5, 5.41) is 15.0. The molecule has 1 fully saturated rings. The molecule has 1 heterocycles. The van der Waals surface area contributed by atoms with Gasteiger partial charge in [0.2, 0.25) is 0 Å². The van der Waals surface area contributed by atoms with Gasteiger partial charge in [0, 0.05) is 29.0 Å². The van der Waals surface area contributed by atoms with Crippen LogP contribution in [0, 0.1) is 0 Å². The van der Waals surface area contributed by atoms with Crippen LogP contribution < -0.4 is 10.6 Å². The SMILES string of the molecule is O=C(Nc1cccc(O)c1)c1ccc(NC2=C(Cl)C(=O)N(C3CCCCC3)C2=O)cc1. The van der Waals surface area contributed by atoms with Crippen LogP contribution in [0.25, 0.3) is 0 Å². The number of hydrogen-bond donors (Lipinski definition) is 3. The number of nitrogens with one attached hydrogen (secondary N) is 2. The van der Waals surface area contributed by atoms with Gasteiger partial charge in [-0.1, -0.05) is 36.9 Å². The third-order valence-electron chi connectivity index (χ3n) is 5.52. The highest BCUT2D eigenvalue weighted by Crippen LogP contribution is 2.32. The molecule has 4 rings (SSSR count). The lowest BCUT2D eigenvalue weighted by atomic mass is 9.94. The predicted octanol–water partition coefficient (Wildman–Crippen LogP) is 4.21. The summed E-state index contributed by atoms with van der Waals surface area (Å²) in [7, 11) is 0. The number of carbonyl (C=O) groups excluding carboxylic acids is 3. The third kappa shape index (κ3) is 4.41. The van der Waals surface area contributed by atoms with Crippen LogP contribution in [-0.4, -0.2) is 33.8 Å². The van der Waals surface area contributed by atoms with E-state index in [-0.39, 0.29) is 28.4 Å². The highest BCUT2D eigenvalue weighted by atomic mass is 35.5. The van der Waals surface area contributed by atoms with Crippen molar-refractivity contribution in [2.45, 2.75) is 38.1 Å². The molecular formula is C23H22ClN3O4. The van der Waals surface area contributed by atoms with Crippen LogP contribution in [0.5, 0.6) is 5.75 Å². The highest BCUT2D eigenvalue weighted by molar-refractivity contribution is 6.48. The van der Waals surface area contributed by atoms with E-state index in [9.17, 15) is 19.5 Å². The Kier molecular flexibility index (Phi) is 5.95. The van der Waals surface area contributed by atoms with E-state index in [1.807, 2.05) is 0 Å². The molecule has 1 aliphatic heterocycles. The number of phenols is 1. The summed E-state index contributed by atoms with van der Waals surface area (Å²) >= 11 is 6.19. The minimum absolute atomic E-state index is 0.0561. The van der Waals surface area contributed by atoms with Crippen molar-refractivity contribution in [1.29, 1.82) is 0 Å². The fourth-order valence-corrected chi connectivity index (χ4v) is 4.15. The number of benzene rings is 2. The van der Waals surface area contributed by atoms with Crippen molar-refractivity contribution in [3.8, 4) is 5.75 Å². The number of phenolic OH excluding ortho intramolecular Hbond substituents is 1. The van der Waals surface area contributed by atoms with Crippen molar-refractivity contribution in [1.82, 2.24) is 4.90 Å². The van der Waals surface area contributed by atoms with Gasteiger partial charge in [-0.3, -0.25) is 19.3 Å². The van der Waals surface area contributed by atoms with Gasteiger partial charge in [0.1, 0.15) is 16.5 Å². The lowest BCUT2D eigenvalue weighted by Gasteiger charge is -2.29. The zero-order valence-electron chi connectivity index (χ0n) is 16.7. The predicted molar refractivity (Wildman–Crippen MR) is 118 cm³/mol. The molecule has 31 heavy (non-hydrogen) atoms. The zero-order chi connectivity index (χ0) is 22.0. The van der Waals surface area contributed by atoms with Crippen LogP contribution in [0.3, 0.4) is 0 Å². The fourth-order valence-electron chi connectivity index (χ4n) is 3.93. The molecule has 0 aromatic heterocycles. The summed E-state index contributed by atoms with van der Waals surface area (Å²) in [6, 6.07) is 12.6. The van der Waals surface area contributed by atoms with Crippen molar-refractivity contribution in [2.24, 2.45) is 0 Å². The van der Waals surface area contributed by atoms with E-state index in [0.717, 1.165) is 32.1 Å². The molecule has 7 nitrogen and oxygen atoms in total. The van der Waals surface area contributed by atoms with Gasteiger partial charge < -0.3 is 15.7 Å². The number of amides is 3. The Morgan fingerprint density at radius 3 is 2.35 bits per heavy atom. The third-order valence-corrected chi connectivity index (χ3v) is 5.87. The Balaban J connectivity index is 1.44. The molecule has 1 aliphatic carbocycles. The Bertz CT molecular complexity index is 1060. The first-order valence-corrected chi connectivity index (χ1v) is 10.6. The molecule has 0 saturated heterocycles. The summed E-state index contributed by atoms with van der Waals surface area (Å²) in [6.45, 7) is 0. The maximum atomic E-state index is 12.9. The van der Waals surface area contributed by atoms with Gasteiger partial charge in [0.15, 0.2) is 0 Å². The van der Waals surface area contributed by atoms with E-state index in [2.05, 4.69) is 10.6 Å². The maximum Gasteiger partial charge on any atom is 0.279 e. The smallest absolute Gasteiger partial charge is 0.279 e. The van der Waals surface area contributed by atoms with E-state index >= 15 is 0 Å². The molecule has 2 aromatic carbocycles. The second-order valence-electron chi connectivity index (χ2n) is 7.67. The van der Waals surface area contributed by atoms with Gasteiger partial charge >= 0.3 is 0 Å². The largest absolute Gasteiger partial charge is 0.508 e. The van der Waals surface area contributed by atoms with E-state index in [4.69, 9.17) is 11.6 Å². The molecule has 2 aromatic rings. The zero-order valence-corrected chi connectivity index (χ0v) is 17.5. The van der Waals surface area contributed by atoms with Crippen molar-refractivity contribution in [2.75, 3.05) is 10.6 Å². The monoisotopic (exact) mass is 439 g/mol. The van der Waals surface area contributed by atoms with E-state index in [1.165, 1.54) is 17.0 Å². The van der Waals surface area contributed by atoms with Crippen LogP contribution in [0.1, 0.15) is 42.5 Å². The molecule has 0 radical (unpaired) electrons. The molecule has 0 unspecified atom stereocenters. The number of carbonyl (C=O) groups is 3. The minimum Gasteiger partial charge on any atom is -0.508 e. The molecule has 3 amide bonds. The van der Waals surface area contributed by atoms with Crippen LogP contribution in [0.4, 0.5) is 11.4 Å². The molecule has 0 spiro atoms. The van der Waals surface area contributed by atoms with Crippen molar-refractivity contribution in [3.63, 3.8) is 0 Å². The molecule has 3 N–H and O–H groups in total. The molecule has 2 aliphatic rings. The Hall–Kier alpha value is -3.32. The van der Waals surface area contributed by atoms with Gasteiger partial charge in [-0.05, 0) is 49.2 Å². The Morgan fingerprint density at radius 2 is 1.68 bits per heavy atom. The fraction of sp³-hybridized carbons (Fsp3) is 0.261. The van der Waals surface area contributed by atoms with Gasteiger partial charge in [0.25, 0.3) is 17.7 Å². The number of nitrogens with zero attached hydrogens (tertiary/aromatic N) is 1. The summed E-state index contributed by atoms with van der Waals surface area (Å²) in [5.74, 6) is -1.15. The van der Waals surface area contributed by atoms with Crippen molar-refractivity contribution < 1.29 is 19.5 Å². The van der Waals surface area contributed by atoms with Crippen molar-refractivity contribution >= 4 is 40.7 Å². The first-order chi connectivity index (χ1) is 14.9. The highest BCUT2D eigenvalue weighted by Gasteiger charge is 2.42. The average molecular weight is 440 g/mol. The first kappa shape index (κ1) is 20.9. The van der Waals surface area contributed by atoms with E-state index in [0.29, 0.717) is 16.9 Å². The average Bonchev–Trinajstić information content (AvgIpc) is 2.98. The molecule has 8 heteroatoms. The van der Waals surface area contributed by atoms with Crippen molar-refractivity contribution in [3.05, 3.63) is 64.8 Å². The van der Waals surface area contributed by atoms with E-state index < -0.39 is 11.8 Å². The standard InChI is InChI=1S/C23H22ClN3O4/c24-19-20(23(31)27(22(19)30)17-6-2-1-3-7-17)25-15-11-9-14(10-12-15)21(29)26-16-5-4-8-18(28)13-16/h4-5,8-13,17,25,28H,1-3,6-7H2,(H,26,29). The molecular weight excluding hydrogens is 418 g/mol. The molecule has 1 saturated carbocycles. The first-order valence-electron chi connectivity index (χ1n) is 10.2. The lowest BCUT2D eigenvalue weighted by Crippen LogP contribution is -2.42. The van der Waals surface area contributed by atoms with Crippen LogP contribution in [-0.2, 0) is 9.59 Å². The summed E-state index contributed by atoms with van der Waals surface area (Å²) in [4.78, 5) is 39.1. The minimum atomic E-state index is -0.455.